The SMILES string of the molecule is CCCNc1cnc2[nH]c3cnc(-c4cccnc4)cc3c2c1. The van der Waals surface area contributed by atoms with Gasteiger partial charge in [-0.2, -0.15) is 0 Å². The monoisotopic (exact) mass is 303 g/mol. The first-order valence-electron chi connectivity index (χ1n) is 7.77. The summed E-state index contributed by atoms with van der Waals surface area (Å²) in [4.78, 5) is 16.5. The van der Waals surface area contributed by atoms with E-state index >= 15 is 0 Å². The van der Waals surface area contributed by atoms with Crippen molar-refractivity contribution in [3.8, 4) is 11.3 Å². The van der Waals surface area contributed by atoms with Crippen LogP contribution in [0, 0.1) is 0 Å². The summed E-state index contributed by atoms with van der Waals surface area (Å²) in [6, 6.07) is 8.17. The molecule has 0 bridgehead atoms. The van der Waals surface area contributed by atoms with E-state index in [1.165, 1.54) is 0 Å². The quantitative estimate of drug-likeness (QED) is 0.598. The minimum Gasteiger partial charge on any atom is -0.384 e. The van der Waals surface area contributed by atoms with Crippen LogP contribution in [-0.2, 0) is 0 Å². The van der Waals surface area contributed by atoms with E-state index in [9.17, 15) is 0 Å². The highest BCUT2D eigenvalue weighted by atomic mass is 14.9. The van der Waals surface area contributed by atoms with E-state index in [2.05, 4.69) is 44.3 Å². The lowest BCUT2D eigenvalue weighted by Crippen LogP contribution is -1.99. The van der Waals surface area contributed by atoms with Crippen LogP contribution in [0.4, 0.5) is 5.69 Å². The molecule has 0 fully saturated rings. The lowest BCUT2D eigenvalue weighted by Gasteiger charge is -2.04. The fourth-order valence-electron chi connectivity index (χ4n) is 2.71. The minimum atomic E-state index is 0.882. The Morgan fingerprint density at radius 1 is 1.09 bits per heavy atom. The number of fused-ring (bicyclic) bond motifs is 3. The molecule has 0 atom stereocenters. The van der Waals surface area contributed by atoms with Gasteiger partial charge in [0.1, 0.15) is 5.65 Å². The maximum absolute atomic E-state index is 4.53. The summed E-state index contributed by atoms with van der Waals surface area (Å²) in [6.07, 6.45) is 8.40. The molecule has 5 heteroatoms. The molecule has 0 aromatic carbocycles. The molecule has 0 saturated carbocycles. The molecule has 4 heterocycles. The number of aromatic nitrogens is 4. The summed E-state index contributed by atoms with van der Waals surface area (Å²) < 4.78 is 0. The molecule has 0 spiro atoms. The van der Waals surface area contributed by atoms with Gasteiger partial charge in [-0.15, -0.1) is 0 Å². The van der Waals surface area contributed by atoms with Crippen LogP contribution in [0.3, 0.4) is 0 Å². The van der Waals surface area contributed by atoms with Crippen molar-refractivity contribution < 1.29 is 0 Å². The van der Waals surface area contributed by atoms with Gasteiger partial charge in [0, 0.05) is 35.3 Å². The zero-order valence-corrected chi connectivity index (χ0v) is 12.9. The predicted octanol–water partition coefficient (Wildman–Crippen LogP) is 4.00. The van der Waals surface area contributed by atoms with Crippen LogP contribution in [-0.4, -0.2) is 26.5 Å². The van der Waals surface area contributed by atoms with Gasteiger partial charge >= 0.3 is 0 Å². The first kappa shape index (κ1) is 13.7. The largest absolute Gasteiger partial charge is 0.384 e. The molecule has 0 aliphatic rings. The molecule has 0 aliphatic carbocycles. The molecule has 2 N–H and O–H groups in total. The average molecular weight is 303 g/mol. The minimum absolute atomic E-state index is 0.882. The molecule has 0 saturated heterocycles. The van der Waals surface area contributed by atoms with Gasteiger partial charge in [0.05, 0.1) is 29.3 Å². The molecule has 4 aromatic heterocycles. The third-order valence-electron chi connectivity index (χ3n) is 3.87. The second-order valence-electron chi connectivity index (χ2n) is 5.53. The Kier molecular flexibility index (Phi) is 3.38. The first-order valence-corrected chi connectivity index (χ1v) is 7.77. The number of nitrogens with zero attached hydrogens (tertiary/aromatic N) is 3. The topological polar surface area (TPSA) is 66.5 Å². The van der Waals surface area contributed by atoms with Crippen LogP contribution in [0.1, 0.15) is 13.3 Å². The van der Waals surface area contributed by atoms with E-state index in [1.54, 1.807) is 6.20 Å². The Bertz CT molecular complexity index is 959. The third kappa shape index (κ3) is 2.50. The molecule has 5 nitrogen and oxygen atoms in total. The Hall–Kier alpha value is -2.95. The van der Waals surface area contributed by atoms with E-state index in [0.29, 0.717) is 0 Å². The molecule has 4 aromatic rings. The molecule has 4 rings (SSSR count). The highest BCUT2D eigenvalue weighted by Crippen LogP contribution is 2.28. The van der Waals surface area contributed by atoms with Crippen molar-refractivity contribution in [1.82, 2.24) is 19.9 Å². The average Bonchev–Trinajstić information content (AvgIpc) is 2.98. The second kappa shape index (κ2) is 5.68. The van der Waals surface area contributed by atoms with Gasteiger partial charge in [0.25, 0.3) is 0 Å². The highest BCUT2D eigenvalue weighted by Gasteiger charge is 2.09. The summed E-state index contributed by atoms with van der Waals surface area (Å²) in [6.45, 7) is 3.09. The zero-order chi connectivity index (χ0) is 15.6. The van der Waals surface area contributed by atoms with Gasteiger partial charge in [-0.1, -0.05) is 6.92 Å². The maximum Gasteiger partial charge on any atom is 0.138 e. The Labute approximate surface area is 133 Å². The van der Waals surface area contributed by atoms with Crippen molar-refractivity contribution in [2.45, 2.75) is 13.3 Å². The lowest BCUT2D eigenvalue weighted by atomic mass is 10.1. The van der Waals surface area contributed by atoms with Crippen molar-refractivity contribution in [3.63, 3.8) is 0 Å². The number of hydrogen-bond donors (Lipinski definition) is 2. The van der Waals surface area contributed by atoms with Crippen LogP contribution in [0.25, 0.3) is 33.2 Å². The lowest BCUT2D eigenvalue weighted by molar-refractivity contribution is 0.978. The smallest absolute Gasteiger partial charge is 0.138 e. The summed E-state index contributed by atoms with van der Waals surface area (Å²) >= 11 is 0. The molecular weight excluding hydrogens is 286 g/mol. The van der Waals surface area contributed by atoms with Gasteiger partial charge in [-0.3, -0.25) is 9.97 Å². The van der Waals surface area contributed by atoms with Crippen molar-refractivity contribution in [2.24, 2.45) is 0 Å². The molecule has 0 unspecified atom stereocenters. The fourth-order valence-corrected chi connectivity index (χ4v) is 2.71. The third-order valence-corrected chi connectivity index (χ3v) is 3.87. The molecule has 0 aliphatic heterocycles. The maximum atomic E-state index is 4.53. The van der Waals surface area contributed by atoms with Crippen molar-refractivity contribution in [1.29, 1.82) is 0 Å². The molecule has 23 heavy (non-hydrogen) atoms. The van der Waals surface area contributed by atoms with Gasteiger partial charge in [0.2, 0.25) is 0 Å². The summed E-state index contributed by atoms with van der Waals surface area (Å²) in [5.41, 5.74) is 4.84. The van der Waals surface area contributed by atoms with Gasteiger partial charge in [0.15, 0.2) is 0 Å². The number of hydrogen-bond acceptors (Lipinski definition) is 4. The van der Waals surface area contributed by atoms with Gasteiger partial charge in [-0.25, -0.2) is 4.98 Å². The number of nitrogens with one attached hydrogen (secondary N) is 2. The van der Waals surface area contributed by atoms with Crippen molar-refractivity contribution in [3.05, 3.63) is 49.1 Å². The van der Waals surface area contributed by atoms with Gasteiger partial charge < -0.3 is 10.3 Å². The molecular formula is C18H17N5. The van der Waals surface area contributed by atoms with Crippen molar-refractivity contribution >= 4 is 27.6 Å². The number of rotatable bonds is 4. The van der Waals surface area contributed by atoms with Crippen molar-refractivity contribution in [2.75, 3.05) is 11.9 Å². The number of anilines is 1. The molecule has 0 radical (unpaired) electrons. The van der Waals surface area contributed by atoms with E-state index < -0.39 is 0 Å². The number of pyridine rings is 3. The standard InChI is InChI=1S/C18H17N5/c1-2-5-20-13-7-15-14-8-16(12-4-3-6-19-9-12)21-11-17(14)23-18(15)22-10-13/h3-4,6-11,20H,2,5H2,1H3,(H,22,23). The first-order chi connectivity index (χ1) is 11.3. The van der Waals surface area contributed by atoms with Crippen LogP contribution in [0.5, 0.6) is 0 Å². The van der Waals surface area contributed by atoms with E-state index in [4.69, 9.17) is 0 Å². The van der Waals surface area contributed by atoms with Crippen LogP contribution < -0.4 is 5.32 Å². The summed E-state index contributed by atoms with van der Waals surface area (Å²) in [5, 5.41) is 5.62. The number of aromatic amines is 1. The molecule has 114 valence electrons. The number of H-pyrrole nitrogens is 1. The fraction of sp³-hybridized carbons (Fsp3) is 0.167. The predicted molar refractivity (Wildman–Crippen MR) is 93.4 cm³/mol. The normalized spacial score (nSPS) is 11.2. The van der Waals surface area contributed by atoms with E-state index in [0.717, 1.165) is 51.8 Å². The Morgan fingerprint density at radius 2 is 2.04 bits per heavy atom. The van der Waals surface area contributed by atoms with Gasteiger partial charge in [-0.05, 0) is 30.7 Å². The zero-order valence-electron chi connectivity index (χ0n) is 12.9. The highest BCUT2D eigenvalue weighted by molar-refractivity contribution is 6.07. The molecule has 0 amide bonds. The Morgan fingerprint density at radius 3 is 2.87 bits per heavy atom. The summed E-state index contributed by atoms with van der Waals surface area (Å²) in [5.74, 6) is 0. The Balaban J connectivity index is 1.86. The van der Waals surface area contributed by atoms with Crippen LogP contribution in [0.15, 0.2) is 49.1 Å². The van der Waals surface area contributed by atoms with E-state index in [-0.39, 0.29) is 0 Å². The second-order valence-corrected chi connectivity index (χ2v) is 5.53. The van der Waals surface area contributed by atoms with Crippen LogP contribution in [0.2, 0.25) is 0 Å². The van der Waals surface area contributed by atoms with Crippen LogP contribution >= 0.6 is 0 Å². The summed E-state index contributed by atoms with van der Waals surface area (Å²) in [7, 11) is 0. The van der Waals surface area contributed by atoms with E-state index in [1.807, 2.05) is 30.7 Å².